The Morgan fingerprint density at radius 1 is 1.04 bits per heavy atom. The zero-order valence-electron chi connectivity index (χ0n) is 13.4. The van der Waals surface area contributed by atoms with Gasteiger partial charge in [-0.1, -0.05) is 30.0 Å². The Morgan fingerprint density at radius 3 is 2.38 bits per heavy atom. The molecule has 2 aromatic carbocycles. The van der Waals surface area contributed by atoms with Gasteiger partial charge in [-0.15, -0.1) is 5.10 Å². The van der Waals surface area contributed by atoms with Crippen LogP contribution < -0.4 is 5.32 Å². The number of rotatable bonds is 6. The molecule has 0 saturated carbocycles. The second-order valence-electron chi connectivity index (χ2n) is 5.23. The Hall–Kier alpha value is -3.00. The van der Waals surface area contributed by atoms with Crippen LogP contribution in [0.25, 0.3) is 12.2 Å². The highest BCUT2D eigenvalue weighted by atomic mass is 32.2. The minimum atomic E-state index is -0.362. The third-order valence-electron chi connectivity index (χ3n) is 3.25. The van der Waals surface area contributed by atoms with Gasteiger partial charge in [-0.25, -0.2) is 13.8 Å². The molecule has 0 bridgehead atoms. The number of carbonyl (C=O) groups excluding carboxylic acids is 1. The minimum absolute atomic E-state index is 0.121. The highest BCUT2D eigenvalue weighted by Crippen LogP contribution is 2.15. The standard InChI is InChI=1S/C18H14F2N4OS/c19-13-4-1-12(2-5-13)3-10-16-22-18(24-23-16)26-11-17(25)21-15-8-6-14(20)7-9-15/h1-10H,11H2,(H,21,25)(H,22,23,24). The minimum Gasteiger partial charge on any atom is -0.325 e. The van der Waals surface area contributed by atoms with Crippen molar-refractivity contribution < 1.29 is 13.6 Å². The van der Waals surface area contributed by atoms with E-state index in [4.69, 9.17) is 0 Å². The molecular formula is C18H14F2N4OS. The van der Waals surface area contributed by atoms with E-state index < -0.39 is 0 Å². The number of nitrogens with zero attached hydrogens (tertiary/aromatic N) is 2. The summed E-state index contributed by atoms with van der Waals surface area (Å²) < 4.78 is 25.7. The Labute approximate surface area is 152 Å². The molecule has 0 fully saturated rings. The first-order valence-corrected chi connectivity index (χ1v) is 8.61. The van der Waals surface area contributed by atoms with Crippen LogP contribution in [-0.4, -0.2) is 26.8 Å². The van der Waals surface area contributed by atoms with Gasteiger partial charge in [0.1, 0.15) is 17.5 Å². The monoisotopic (exact) mass is 372 g/mol. The number of aromatic amines is 1. The number of nitrogens with one attached hydrogen (secondary N) is 2. The Balaban J connectivity index is 1.50. The zero-order valence-corrected chi connectivity index (χ0v) is 14.3. The number of aromatic nitrogens is 3. The number of amides is 1. The van der Waals surface area contributed by atoms with E-state index in [1.165, 1.54) is 48.2 Å². The van der Waals surface area contributed by atoms with E-state index in [-0.39, 0.29) is 23.3 Å². The van der Waals surface area contributed by atoms with Crippen molar-refractivity contribution in [3.05, 3.63) is 71.6 Å². The van der Waals surface area contributed by atoms with Crippen molar-refractivity contribution in [3.8, 4) is 0 Å². The molecule has 0 aliphatic carbocycles. The number of H-pyrrole nitrogens is 1. The van der Waals surface area contributed by atoms with Crippen molar-refractivity contribution in [2.75, 3.05) is 11.1 Å². The van der Waals surface area contributed by atoms with Crippen molar-refractivity contribution in [2.45, 2.75) is 5.16 Å². The normalized spacial score (nSPS) is 11.0. The second-order valence-corrected chi connectivity index (χ2v) is 6.17. The van der Waals surface area contributed by atoms with E-state index in [0.717, 1.165) is 5.56 Å². The van der Waals surface area contributed by atoms with E-state index in [9.17, 15) is 13.6 Å². The van der Waals surface area contributed by atoms with Gasteiger partial charge in [0.2, 0.25) is 11.1 Å². The number of hydrogen-bond donors (Lipinski definition) is 2. The molecule has 0 atom stereocenters. The van der Waals surface area contributed by atoms with E-state index >= 15 is 0 Å². The van der Waals surface area contributed by atoms with Gasteiger partial charge in [0.25, 0.3) is 0 Å². The van der Waals surface area contributed by atoms with Crippen molar-refractivity contribution in [3.63, 3.8) is 0 Å². The van der Waals surface area contributed by atoms with Crippen molar-refractivity contribution >= 4 is 35.5 Å². The van der Waals surface area contributed by atoms with Gasteiger partial charge in [0.15, 0.2) is 0 Å². The topological polar surface area (TPSA) is 70.7 Å². The molecule has 0 spiro atoms. The fraction of sp³-hybridized carbons (Fsp3) is 0.0556. The Morgan fingerprint density at radius 2 is 1.69 bits per heavy atom. The summed E-state index contributed by atoms with van der Waals surface area (Å²) in [5.41, 5.74) is 1.35. The number of thioether (sulfide) groups is 1. The second kappa shape index (κ2) is 8.39. The van der Waals surface area contributed by atoms with Gasteiger partial charge in [-0.2, -0.15) is 0 Å². The fourth-order valence-corrected chi connectivity index (χ4v) is 2.61. The van der Waals surface area contributed by atoms with Crippen LogP contribution in [0.5, 0.6) is 0 Å². The summed E-state index contributed by atoms with van der Waals surface area (Å²) in [5.74, 6) is -0.250. The maximum absolute atomic E-state index is 12.9. The van der Waals surface area contributed by atoms with Crippen molar-refractivity contribution in [1.29, 1.82) is 0 Å². The molecule has 1 aromatic heterocycles. The average molecular weight is 372 g/mol. The van der Waals surface area contributed by atoms with Crippen molar-refractivity contribution in [1.82, 2.24) is 15.2 Å². The maximum Gasteiger partial charge on any atom is 0.234 e. The van der Waals surface area contributed by atoms with E-state index in [0.29, 0.717) is 16.7 Å². The molecule has 3 aromatic rings. The van der Waals surface area contributed by atoms with Crippen LogP contribution in [0.15, 0.2) is 53.7 Å². The van der Waals surface area contributed by atoms with Crippen LogP contribution in [-0.2, 0) is 4.79 Å². The molecule has 26 heavy (non-hydrogen) atoms. The third-order valence-corrected chi connectivity index (χ3v) is 4.09. The predicted molar refractivity (Wildman–Crippen MR) is 97.5 cm³/mol. The number of carbonyl (C=O) groups is 1. The number of benzene rings is 2. The summed E-state index contributed by atoms with van der Waals surface area (Å²) >= 11 is 1.17. The molecule has 1 amide bonds. The van der Waals surface area contributed by atoms with Crippen LogP contribution in [0.4, 0.5) is 14.5 Å². The SMILES string of the molecule is O=C(CSc1n[nH]c(C=Cc2ccc(F)cc2)n1)Nc1ccc(F)cc1. The fourth-order valence-electron chi connectivity index (χ4n) is 2.01. The molecule has 132 valence electrons. The van der Waals surface area contributed by atoms with Gasteiger partial charge in [-0.05, 0) is 48.0 Å². The first-order chi connectivity index (χ1) is 12.6. The lowest BCUT2D eigenvalue weighted by atomic mass is 10.2. The van der Waals surface area contributed by atoms with Crippen LogP contribution >= 0.6 is 11.8 Å². The Bertz CT molecular complexity index is 908. The van der Waals surface area contributed by atoms with Gasteiger partial charge in [0, 0.05) is 5.69 Å². The van der Waals surface area contributed by atoms with Crippen LogP contribution in [0, 0.1) is 11.6 Å². The third kappa shape index (κ3) is 5.25. The molecule has 0 saturated heterocycles. The number of anilines is 1. The van der Waals surface area contributed by atoms with E-state index in [1.54, 1.807) is 24.3 Å². The van der Waals surface area contributed by atoms with Gasteiger partial charge in [-0.3, -0.25) is 9.89 Å². The van der Waals surface area contributed by atoms with Gasteiger partial charge in [0.05, 0.1) is 5.75 Å². The lowest BCUT2D eigenvalue weighted by Crippen LogP contribution is -2.14. The summed E-state index contributed by atoms with van der Waals surface area (Å²) in [6.45, 7) is 0. The number of hydrogen-bond acceptors (Lipinski definition) is 4. The molecule has 0 aliphatic rings. The molecule has 3 rings (SSSR count). The molecule has 5 nitrogen and oxygen atoms in total. The van der Waals surface area contributed by atoms with E-state index in [2.05, 4.69) is 20.5 Å². The number of halogens is 2. The van der Waals surface area contributed by atoms with Gasteiger partial charge >= 0.3 is 0 Å². The molecule has 2 N–H and O–H groups in total. The average Bonchev–Trinajstić information content (AvgIpc) is 3.09. The van der Waals surface area contributed by atoms with Crippen LogP contribution in [0.1, 0.15) is 11.4 Å². The predicted octanol–water partition coefficient (Wildman–Crippen LogP) is 3.98. The first-order valence-electron chi connectivity index (χ1n) is 7.63. The molecule has 8 heteroatoms. The summed E-state index contributed by atoms with van der Waals surface area (Å²) in [4.78, 5) is 16.1. The smallest absolute Gasteiger partial charge is 0.234 e. The van der Waals surface area contributed by atoms with Crippen molar-refractivity contribution in [2.24, 2.45) is 0 Å². The largest absolute Gasteiger partial charge is 0.325 e. The van der Waals surface area contributed by atoms with E-state index in [1.807, 2.05) is 0 Å². The lowest BCUT2D eigenvalue weighted by Gasteiger charge is -2.03. The lowest BCUT2D eigenvalue weighted by molar-refractivity contribution is -0.113. The molecule has 0 aliphatic heterocycles. The molecular weight excluding hydrogens is 358 g/mol. The summed E-state index contributed by atoms with van der Waals surface area (Å²) in [6.07, 6.45) is 3.48. The molecule has 0 unspecified atom stereocenters. The highest BCUT2D eigenvalue weighted by molar-refractivity contribution is 7.99. The highest BCUT2D eigenvalue weighted by Gasteiger charge is 2.07. The molecule has 1 heterocycles. The molecule has 0 radical (unpaired) electrons. The maximum atomic E-state index is 12.9. The Kier molecular flexibility index (Phi) is 5.75. The summed E-state index contributed by atoms with van der Waals surface area (Å²) in [7, 11) is 0. The quantitative estimate of drug-likeness (QED) is 0.642. The summed E-state index contributed by atoms with van der Waals surface area (Å²) in [6, 6.07) is 11.6. The summed E-state index contributed by atoms with van der Waals surface area (Å²) in [5, 5.41) is 9.86. The van der Waals surface area contributed by atoms with Gasteiger partial charge < -0.3 is 5.32 Å². The first kappa shape index (κ1) is 17.8. The zero-order chi connectivity index (χ0) is 18.4. The van der Waals surface area contributed by atoms with Crippen LogP contribution in [0.2, 0.25) is 0 Å². The van der Waals surface area contributed by atoms with Crippen LogP contribution in [0.3, 0.4) is 0 Å².